The smallest absolute Gasteiger partial charge is 0.341 e. The molecule has 0 bridgehead atoms. The number of pyridine rings is 1. The van der Waals surface area contributed by atoms with Crippen LogP contribution in [0.15, 0.2) is 23.5 Å². The van der Waals surface area contributed by atoms with Crippen LogP contribution < -0.4 is 5.43 Å². The second kappa shape index (κ2) is 3.38. The summed E-state index contributed by atoms with van der Waals surface area (Å²) in [5, 5.41) is 9.26. The van der Waals surface area contributed by atoms with Crippen LogP contribution in [0.2, 0.25) is 0 Å². The zero-order valence-corrected chi connectivity index (χ0v) is 8.83. The van der Waals surface area contributed by atoms with Gasteiger partial charge in [-0.15, -0.1) is 0 Å². The summed E-state index contributed by atoms with van der Waals surface area (Å²) in [5.74, 6) is -1.21. The SMILES string of the molecule is O=C(O)c1cn(C2CC2)c2ncncc2c1=O. The third-order valence-corrected chi connectivity index (χ3v) is 2.86. The van der Waals surface area contributed by atoms with Gasteiger partial charge in [0.05, 0.1) is 5.39 Å². The van der Waals surface area contributed by atoms with Crippen LogP contribution in [0, 0.1) is 0 Å². The van der Waals surface area contributed by atoms with Gasteiger partial charge in [-0.2, -0.15) is 0 Å². The number of hydrogen-bond donors (Lipinski definition) is 1. The molecule has 6 heteroatoms. The molecule has 0 aromatic carbocycles. The van der Waals surface area contributed by atoms with Gasteiger partial charge in [-0.3, -0.25) is 4.79 Å². The van der Waals surface area contributed by atoms with Crippen molar-refractivity contribution in [3.63, 3.8) is 0 Å². The Morgan fingerprint density at radius 2 is 2.24 bits per heavy atom. The molecule has 3 rings (SSSR count). The van der Waals surface area contributed by atoms with Crippen LogP contribution in [0.3, 0.4) is 0 Å². The number of aromatic nitrogens is 3. The molecule has 1 aliphatic rings. The van der Waals surface area contributed by atoms with E-state index in [0.29, 0.717) is 5.65 Å². The lowest BCUT2D eigenvalue weighted by molar-refractivity contribution is 0.0695. The lowest BCUT2D eigenvalue weighted by Gasteiger charge is -2.09. The van der Waals surface area contributed by atoms with E-state index < -0.39 is 11.4 Å². The summed E-state index contributed by atoms with van der Waals surface area (Å²) in [6.45, 7) is 0. The first-order valence-electron chi connectivity index (χ1n) is 5.26. The highest BCUT2D eigenvalue weighted by Crippen LogP contribution is 2.36. The van der Waals surface area contributed by atoms with Crippen molar-refractivity contribution in [1.29, 1.82) is 0 Å². The maximum atomic E-state index is 11.9. The van der Waals surface area contributed by atoms with Crippen molar-refractivity contribution in [1.82, 2.24) is 14.5 Å². The monoisotopic (exact) mass is 231 g/mol. The lowest BCUT2D eigenvalue weighted by Crippen LogP contribution is -2.19. The number of rotatable bonds is 2. The van der Waals surface area contributed by atoms with Crippen molar-refractivity contribution in [2.75, 3.05) is 0 Å². The first-order valence-corrected chi connectivity index (χ1v) is 5.26. The van der Waals surface area contributed by atoms with Crippen LogP contribution in [0.1, 0.15) is 29.2 Å². The third kappa shape index (κ3) is 1.49. The molecule has 6 nitrogen and oxygen atoms in total. The highest BCUT2D eigenvalue weighted by molar-refractivity contribution is 5.91. The van der Waals surface area contributed by atoms with Gasteiger partial charge in [0.25, 0.3) is 0 Å². The van der Waals surface area contributed by atoms with E-state index in [-0.39, 0.29) is 17.0 Å². The highest BCUT2D eigenvalue weighted by Gasteiger charge is 2.27. The third-order valence-electron chi connectivity index (χ3n) is 2.86. The summed E-state index contributed by atoms with van der Waals surface area (Å²) < 4.78 is 1.77. The van der Waals surface area contributed by atoms with Crippen LogP contribution in [0.25, 0.3) is 11.0 Å². The van der Waals surface area contributed by atoms with Crippen molar-refractivity contribution in [2.45, 2.75) is 18.9 Å². The molecule has 86 valence electrons. The molecule has 0 spiro atoms. The summed E-state index contributed by atoms with van der Waals surface area (Å²) >= 11 is 0. The minimum Gasteiger partial charge on any atom is -0.477 e. The van der Waals surface area contributed by atoms with Crippen LogP contribution in [-0.2, 0) is 0 Å². The molecule has 1 fully saturated rings. The molecule has 2 aromatic heterocycles. The minimum atomic E-state index is -1.21. The predicted octanol–water partition coefficient (Wildman–Crippen LogP) is 0.825. The molecule has 2 heterocycles. The Balaban J connectivity index is 2.42. The van der Waals surface area contributed by atoms with Gasteiger partial charge >= 0.3 is 5.97 Å². The molecule has 0 radical (unpaired) electrons. The average Bonchev–Trinajstić information content (AvgIpc) is 3.13. The van der Waals surface area contributed by atoms with Crippen molar-refractivity contribution < 1.29 is 9.90 Å². The second-order valence-electron chi connectivity index (χ2n) is 4.08. The van der Waals surface area contributed by atoms with Gasteiger partial charge in [-0.05, 0) is 12.8 Å². The van der Waals surface area contributed by atoms with Gasteiger partial charge in [0, 0.05) is 18.4 Å². The highest BCUT2D eigenvalue weighted by atomic mass is 16.4. The summed E-state index contributed by atoms with van der Waals surface area (Å²) in [5.41, 5.74) is -0.235. The molecule has 0 amide bonds. The predicted molar refractivity (Wildman–Crippen MR) is 59.0 cm³/mol. The Hall–Kier alpha value is -2.24. The van der Waals surface area contributed by atoms with Gasteiger partial charge in [0.2, 0.25) is 5.43 Å². The topological polar surface area (TPSA) is 85.1 Å². The van der Waals surface area contributed by atoms with Gasteiger partial charge < -0.3 is 9.67 Å². The van der Waals surface area contributed by atoms with E-state index in [2.05, 4.69) is 9.97 Å². The Morgan fingerprint density at radius 3 is 2.88 bits per heavy atom. The van der Waals surface area contributed by atoms with E-state index in [1.54, 1.807) is 4.57 Å². The normalized spacial score (nSPS) is 15.1. The van der Waals surface area contributed by atoms with Crippen LogP contribution in [-0.4, -0.2) is 25.6 Å². The second-order valence-corrected chi connectivity index (χ2v) is 4.08. The Labute approximate surface area is 95.6 Å². The summed E-state index contributed by atoms with van der Waals surface area (Å²) in [6.07, 6.45) is 6.09. The van der Waals surface area contributed by atoms with E-state index in [0.717, 1.165) is 12.8 Å². The Kier molecular flexibility index (Phi) is 1.98. The summed E-state index contributed by atoms with van der Waals surface area (Å²) in [6, 6.07) is 0.256. The van der Waals surface area contributed by atoms with E-state index in [1.807, 2.05) is 0 Å². The number of aromatic carboxylic acids is 1. The molecule has 1 aliphatic carbocycles. The van der Waals surface area contributed by atoms with Crippen molar-refractivity contribution in [3.8, 4) is 0 Å². The van der Waals surface area contributed by atoms with E-state index in [1.165, 1.54) is 18.7 Å². The maximum Gasteiger partial charge on any atom is 0.341 e. The molecule has 0 saturated heterocycles. The summed E-state index contributed by atoms with van der Waals surface area (Å²) in [4.78, 5) is 30.7. The number of nitrogens with zero attached hydrogens (tertiary/aromatic N) is 3. The van der Waals surface area contributed by atoms with Crippen molar-refractivity contribution in [2.24, 2.45) is 0 Å². The van der Waals surface area contributed by atoms with Crippen LogP contribution in [0.4, 0.5) is 0 Å². The number of fused-ring (bicyclic) bond motifs is 1. The molecule has 0 unspecified atom stereocenters. The van der Waals surface area contributed by atoms with Crippen molar-refractivity contribution >= 4 is 17.0 Å². The van der Waals surface area contributed by atoms with Crippen molar-refractivity contribution in [3.05, 3.63) is 34.5 Å². The fourth-order valence-corrected chi connectivity index (χ4v) is 1.88. The van der Waals surface area contributed by atoms with E-state index >= 15 is 0 Å². The average molecular weight is 231 g/mol. The standard InChI is InChI=1S/C11H9N3O3/c15-9-7-3-12-5-13-10(7)14(6-1-2-6)4-8(9)11(16)17/h3-6H,1-2H2,(H,16,17). The molecule has 0 atom stereocenters. The quantitative estimate of drug-likeness (QED) is 0.827. The minimum absolute atomic E-state index is 0.223. The van der Waals surface area contributed by atoms with E-state index in [4.69, 9.17) is 5.11 Å². The molecule has 2 aromatic rings. The molecule has 1 N–H and O–H groups in total. The molecule has 1 saturated carbocycles. The number of carbonyl (C=O) groups is 1. The van der Waals surface area contributed by atoms with Gasteiger partial charge in [0.15, 0.2) is 0 Å². The molecular weight excluding hydrogens is 222 g/mol. The zero-order chi connectivity index (χ0) is 12.0. The maximum absolute atomic E-state index is 11.9. The van der Waals surface area contributed by atoms with Gasteiger partial charge in [-0.25, -0.2) is 14.8 Å². The largest absolute Gasteiger partial charge is 0.477 e. The number of carboxylic acids is 1. The Bertz CT molecular complexity index is 673. The molecule has 17 heavy (non-hydrogen) atoms. The van der Waals surface area contributed by atoms with Gasteiger partial charge in [-0.1, -0.05) is 0 Å². The van der Waals surface area contributed by atoms with E-state index in [9.17, 15) is 9.59 Å². The first-order chi connectivity index (χ1) is 8.18. The molecular formula is C11H9N3O3. The fraction of sp³-hybridized carbons (Fsp3) is 0.273. The van der Waals surface area contributed by atoms with Gasteiger partial charge in [0.1, 0.15) is 17.5 Å². The summed E-state index contributed by atoms with van der Waals surface area (Å²) in [7, 11) is 0. The zero-order valence-electron chi connectivity index (χ0n) is 8.83. The number of carboxylic acid groups (broad SMARTS) is 1. The molecule has 0 aliphatic heterocycles. The van der Waals surface area contributed by atoms with Crippen LogP contribution >= 0.6 is 0 Å². The number of hydrogen-bond acceptors (Lipinski definition) is 4. The lowest BCUT2D eigenvalue weighted by atomic mass is 10.2. The Morgan fingerprint density at radius 1 is 1.47 bits per heavy atom. The van der Waals surface area contributed by atoms with Crippen LogP contribution in [0.5, 0.6) is 0 Å². The fourth-order valence-electron chi connectivity index (χ4n) is 1.88. The first kappa shape index (κ1) is 9.95.